The highest BCUT2D eigenvalue weighted by atomic mass is 19.1. The minimum Gasteiger partial charge on any atom is -0.478 e. The lowest BCUT2D eigenvalue weighted by molar-refractivity contribution is 0.0696. The van der Waals surface area contributed by atoms with Gasteiger partial charge in [0.15, 0.2) is 5.58 Å². The van der Waals surface area contributed by atoms with Gasteiger partial charge in [-0.15, -0.1) is 0 Å². The molecular formula is C34H25FN2O4. The number of carbonyl (C=O) groups is 2. The number of aromatic carboxylic acids is 1. The first-order valence-electron chi connectivity index (χ1n) is 13.2. The fraction of sp³-hybridized carbons (Fsp3) is 0.0882. The number of carboxylic acids is 1. The molecule has 1 atom stereocenters. The van der Waals surface area contributed by atoms with Gasteiger partial charge in [0.1, 0.15) is 5.82 Å². The number of rotatable bonds is 7. The lowest BCUT2D eigenvalue weighted by Crippen LogP contribution is -2.27. The van der Waals surface area contributed by atoms with Gasteiger partial charge < -0.3 is 14.9 Å². The van der Waals surface area contributed by atoms with Crippen LogP contribution in [0.25, 0.3) is 32.9 Å². The second-order valence-corrected chi connectivity index (χ2v) is 9.99. The van der Waals surface area contributed by atoms with E-state index >= 15 is 0 Å². The molecule has 202 valence electrons. The second kappa shape index (κ2) is 10.7. The fourth-order valence-electron chi connectivity index (χ4n) is 5.10. The number of halogens is 1. The Kier molecular flexibility index (Phi) is 6.77. The number of nitrogens with zero attached hydrogens (tertiary/aromatic N) is 1. The summed E-state index contributed by atoms with van der Waals surface area (Å²) < 4.78 is 20.0. The van der Waals surface area contributed by atoms with Crippen LogP contribution in [0.2, 0.25) is 0 Å². The number of carbonyl (C=O) groups excluding carboxylic acids is 1. The Balaban J connectivity index is 1.39. The molecule has 1 heterocycles. The summed E-state index contributed by atoms with van der Waals surface area (Å²) in [7, 11) is 0. The Bertz CT molecular complexity index is 1910. The normalized spacial score (nSPS) is 12.0. The average molecular weight is 545 g/mol. The largest absolute Gasteiger partial charge is 0.478 e. The van der Waals surface area contributed by atoms with Gasteiger partial charge in [0.2, 0.25) is 0 Å². The van der Waals surface area contributed by atoms with Crippen LogP contribution in [0.5, 0.6) is 0 Å². The Morgan fingerprint density at radius 3 is 2.44 bits per heavy atom. The number of benzene rings is 5. The van der Waals surface area contributed by atoms with Gasteiger partial charge >= 0.3 is 5.97 Å². The predicted octanol–water partition coefficient (Wildman–Crippen LogP) is 7.57. The highest BCUT2D eigenvalue weighted by molar-refractivity contribution is 6.08. The highest BCUT2D eigenvalue weighted by Crippen LogP contribution is 2.32. The monoisotopic (exact) mass is 544 g/mol. The molecule has 0 spiro atoms. The molecule has 0 aliphatic rings. The van der Waals surface area contributed by atoms with Gasteiger partial charge in [0, 0.05) is 11.8 Å². The minimum absolute atomic E-state index is 0.176. The Labute approximate surface area is 235 Å². The van der Waals surface area contributed by atoms with Crippen LogP contribution in [0.4, 0.5) is 4.39 Å². The topological polar surface area (TPSA) is 92.4 Å². The van der Waals surface area contributed by atoms with E-state index in [4.69, 9.17) is 4.52 Å². The molecule has 0 fully saturated rings. The molecule has 1 amide bonds. The van der Waals surface area contributed by atoms with E-state index in [1.807, 2.05) is 67.6 Å². The molecule has 2 N–H and O–H groups in total. The number of amides is 1. The molecule has 0 aliphatic heterocycles. The third-order valence-electron chi connectivity index (χ3n) is 7.27. The van der Waals surface area contributed by atoms with Crippen molar-refractivity contribution in [3.05, 3.63) is 137 Å². The van der Waals surface area contributed by atoms with Crippen molar-refractivity contribution in [3.8, 4) is 11.1 Å². The summed E-state index contributed by atoms with van der Waals surface area (Å²) in [6, 6.07) is 29.9. The maximum Gasteiger partial charge on any atom is 0.335 e. The van der Waals surface area contributed by atoms with Crippen molar-refractivity contribution in [1.29, 1.82) is 0 Å². The summed E-state index contributed by atoms with van der Waals surface area (Å²) in [6.07, 6.45) is 0.386. The summed E-state index contributed by atoms with van der Waals surface area (Å²) in [5.74, 6) is -1.60. The van der Waals surface area contributed by atoms with E-state index in [0.29, 0.717) is 34.0 Å². The molecule has 0 radical (unpaired) electrons. The van der Waals surface area contributed by atoms with E-state index in [1.165, 1.54) is 18.2 Å². The molecule has 0 saturated carbocycles. The zero-order chi connectivity index (χ0) is 28.5. The van der Waals surface area contributed by atoms with Crippen LogP contribution in [0, 0.1) is 5.82 Å². The standard InChI is InChI=1S/C34H25FN2O4/c1-20(22-11-13-24(14-12-22)34(39)40)36-33(38)28-18-26(23-6-3-2-4-7-23)19-31-32(28)30(37-41-31)17-21-10-15-27-25(16-21)8-5-9-29(27)35/h2-16,18-20H,17H2,1H3,(H,36,38)(H,39,40)/t20-/m0/s1. The van der Waals surface area contributed by atoms with Crippen LogP contribution in [0.1, 0.15) is 50.5 Å². The number of aromatic nitrogens is 1. The lowest BCUT2D eigenvalue weighted by atomic mass is 9.96. The van der Waals surface area contributed by atoms with Gasteiger partial charge in [-0.2, -0.15) is 0 Å². The van der Waals surface area contributed by atoms with Crippen LogP contribution in [-0.4, -0.2) is 22.1 Å². The minimum atomic E-state index is -1.01. The molecule has 6 aromatic rings. The molecule has 41 heavy (non-hydrogen) atoms. The van der Waals surface area contributed by atoms with Crippen molar-refractivity contribution in [2.75, 3.05) is 0 Å². The highest BCUT2D eigenvalue weighted by Gasteiger charge is 2.22. The van der Waals surface area contributed by atoms with Crippen LogP contribution in [0.3, 0.4) is 0 Å². The van der Waals surface area contributed by atoms with Gasteiger partial charge in [0.05, 0.1) is 28.2 Å². The Morgan fingerprint density at radius 2 is 1.68 bits per heavy atom. The summed E-state index contributed by atoms with van der Waals surface area (Å²) in [5.41, 5.74) is 5.08. The first kappa shape index (κ1) is 26.0. The second-order valence-electron chi connectivity index (χ2n) is 9.99. The van der Waals surface area contributed by atoms with Gasteiger partial charge in [-0.1, -0.05) is 78.0 Å². The molecule has 7 heteroatoms. The van der Waals surface area contributed by atoms with Crippen LogP contribution in [0.15, 0.2) is 108 Å². The molecule has 0 unspecified atom stereocenters. The van der Waals surface area contributed by atoms with Gasteiger partial charge in [-0.05, 0) is 64.9 Å². The molecule has 0 saturated heterocycles. The third kappa shape index (κ3) is 5.17. The summed E-state index contributed by atoms with van der Waals surface area (Å²) in [4.78, 5) is 25.0. The quantitative estimate of drug-likeness (QED) is 0.216. The number of hydrogen-bond donors (Lipinski definition) is 2. The smallest absolute Gasteiger partial charge is 0.335 e. The zero-order valence-corrected chi connectivity index (χ0v) is 22.1. The number of carboxylic acid groups (broad SMARTS) is 1. The van der Waals surface area contributed by atoms with E-state index in [0.717, 1.165) is 27.6 Å². The number of fused-ring (bicyclic) bond motifs is 2. The molecule has 0 bridgehead atoms. The van der Waals surface area contributed by atoms with E-state index in [1.54, 1.807) is 24.3 Å². The van der Waals surface area contributed by atoms with Gasteiger partial charge in [-0.25, -0.2) is 9.18 Å². The maximum absolute atomic E-state index is 14.2. The predicted molar refractivity (Wildman–Crippen MR) is 155 cm³/mol. The summed E-state index contributed by atoms with van der Waals surface area (Å²) in [6.45, 7) is 1.84. The van der Waals surface area contributed by atoms with E-state index < -0.39 is 5.97 Å². The molecular weight excluding hydrogens is 519 g/mol. The van der Waals surface area contributed by atoms with Crippen LogP contribution in [-0.2, 0) is 6.42 Å². The van der Waals surface area contributed by atoms with E-state index in [9.17, 15) is 19.1 Å². The SMILES string of the molecule is C[C@H](NC(=O)c1cc(-c2ccccc2)cc2onc(Cc3ccc4c(F)cccc4c3)c12)c1ccc(C(=O)O)cc1. The van der Waals surface area contributed by atoms with E-state index in [-0.39, 0.29) is 23.3 Å². The fourth-order valence-corrected chi connectivity index (χ4v) is 5.10. The van der Waals surface area contributed by atoms with Crippen LogP contribution >= 0.6 is 0 Å². The zero-order valence-electron chi connectivity index (χ0n) is 22.1. The maximum atomic E-state index is 14.2. The van der Waals surface area contributed by atoms with Crippen molar-refractivity contribution < 1.29 is 23.6 Å². The van der Waals surface area contributed by atoms with Crippen molar-refractivity contribution in [2.24, 2.45) is 0 Å². The Morgan fingerprint density at radius 1 is 0.902 bits per heavy atom. The van der Waals surface area contributed by atoms with Crippen molar-refractivity contribution in [1.82, 2.24) is 10.5 Å². The first-order valence-corrected chi connectivity index (χ1v) is 13.2. The first-order chi connectivity index (χ1) is 19.9. The van der Waals surface area contributed by atoms with Crippen molar-refractivity contribution in [3.63, 3.8) is 0 Å². The lowest BCUT2D eigenvalue weighted by Gasteiger charge is -2.16. The Hall–Kier alpha value is -5.30. The number of nitrogens with one attached hydrogen (secondary N) is 1. The molecule has 0 aliphatic carbocycles. The molecule has 6 nitrogen and oxygen atoms in total. The van der Waals surface area contributed by atoms with Crippen LogP contribution < -0.4 is 5.32 Å². The molecule has 1 aromatic heterocycles. The van der Waals surface area contributed by atoms with Crippen molar-refractivity contribution >= 4 is 33.6 Å². The summed E-state index contributed by atoms with van der Waals surface area (Å²) in [5, 5.41) is 18.5. The summed E-state index contributed by atoms with van der Waals surface area (Å²) >= 11 is 0. The molecule has 6 rings (SSSR count). The third-order valence-corrected chi connectivity index (χ3v) is 7.27. The van der Waals surface area contributed by atoms with Crippen molar-refractivity contribution in [2.45, 2.75) is 19.4 Å². The average Bonchev–Trinajstić information content (AvgIpc) is 3.39. The number of hydrogen-bond acceptors (Lipinski definition) is 4. The van der Waals surface area contributed by atoms with E-state index in [2.05, 4.69) is 10.5 Å². The molecule has 5 aromatic carbocycles. The van der Waals surface area contributed by atoms with Gasteiger partial charge in [0.25, 0.3) is 5.91 Å². The van der Waals surface area contributed by atoms with Gasteiger partial charge in [-0.3, -0.25) is 4.79 Å².